The Kier molecular flexibility index (Phi) is 5.30. The van der Waals surface area contributed by atoms with Crippen LogP contribution in [0.1, 0.15) is 0 Å². The quantitative estimate of drug-likeness (QED) is 0.605. The second-order valence-electron chi connectivity index (χ2n) is 3.68. The van der Waals surface area contributed by atoms with Crippen LogP contribution in [0.3, 0.4) is 0 Å². The van der Waals surface area contributed by atoms with Crippen molar-refractivity contribution in [1.82, 2.24) is 0 Å². The Bertz CT molecular complexity index is 552. The van der Waals surface area contributed by atoms with Crippen molar-refractivity contribution in [1.29, 1.82) is 5.26 Å². The second kappa shape index (κ2) is 7.48. The van der Waals surface area contributed by atoms with Gasteiger partial charge >= 0.3 is 118 Å². The number of hydrogen-bond acceptors (Lipinski definition) is 3. The molecule has 0 spiro atoms. The van der Waals surface area contributed by atoms with Crippen LogP contribution in [0.25, 0.3) is 0 Å². The van der Waals surface area contributed by atoms with Crippen molar-refractivity contribution in [2.45, 2.75) is 5.32 Å². The standard InChI is InChI=1S/C15H13NO2Se/c16-12-19-10-9-17-14-7-4-8-15(11-14)18-13-5-2-1-3-6-13/h1-8,11H,9-10H2. The maximum absolute atomic E-state index is 8.47. The molecule has 2 rings (SSSR count). The fourth-order valence-corrected chi connectivity index (χ4v) is 2.04. The molecule has 0 aliphatic heterocycles. The molecule has 2 aromatic carbocycles. The van der Waals surface area contributed by atoms with Crippen LogP contribution in [0.2, 0.25) is 5.32 Å². The zero-order valence-electron chi connectivity index (χ0n) is 10.3. The first-order chi connectivity index (χ1) is 9.38. The summed E-state index contributed by atoms with van der Waals surface area (Å²) in [6.07, 6.45) is 0. The Morgan fingerprint density at radius 3 is 2.47 bits per heavy atom. The summed E-state index contributed by atoms with van der Waals surface area (Å²) in [7, 11) is 0. The molecule has 96 valence electrons. The first-order valence-corrected chi connectivity index (χ1v) is 7.92. The van der Waals surface area contributed by atoms with Gasteiger partial charge in [0.05, 0.1) is 0 Å². The van der Waals surface area contributed by atoms with Gasteiger partial charge in [0.15, 0.2) is 0 Å². The second-order valence-corrected chi connectivity index (χ2v) is 5.52. The van der Waals surface area contributed by atoms with E-state index in [1.165, 1.54) is 0 Å². The SMILES string of the molecule is N#C[Se]CCOc1cccc(Oc2ccccc2)c1. The fraction of sp³-hybridized carbons (Fsp3) is 0.133. The minimum absolute atomic E-state index is 0.0121. The van der Waals surface area contributed by atoms with Crippen LogP contribution in [0, 0.1) is 10.2 Å². The van der Waals surface area contributed by atoms with Crippen molar-refractivity contribution < 1.29 is 9.47 Å². The molecule has 4 heteroatoms. The third-order valence-corrected chi connectivity index (χ3v) is 3.35. The van der Waals surface area contributed by atoms with Gasteiger partial charge in [0.2, 0.25) is 0 Å². The van der Waals surface area contributed by atoms with E-state index in [1.54, 1.807) is 0 Å². The van der Waals surface area contributed by atoms with Crippen molar-refractivity contribution in [3.63, 3.8) is 0 Å². The van der Waals surface area contributed by atoms with E-state index in [2.05, 4.69) is 4.97 Å². The summed E-state index contributed by atoms with van der Waals surface area (Å²) >= 11 is 0.0121. The number of hydrogen-bond donors (Lipinski definition) is 0. The first kappa shape index (κ1) is 13.5. The fourth-order valence-electron chi connectivity index (χ4n) is 1.50. The van der Waals surface area contributed by atoms with E-state index in [0.29, 0.717) is 6.61 Å². The monoisotopic (exact) mass is 319 g/mol. The predicted octanol–water partition coefficient (Wildman–Crippen LogP) is 3.46. The molecule has 0 fully saturated rings. The van der Waals surface area contributed by atoms with Gasteiger partial charge in [-0.3, -0.25) is 0 Å². The maximum atomic E-state index is 8.47. The van der Waals surface area contributed by atoms with E-state index in [-0.39, 0.29) is 15.0 Å². The number of nitrogens with zero attached hydrogens (tertiary/aromatic N) is 1. The number of benzene rings is 2. The number of para-hydroxylation sites is 1. The molecule has 0 amide bonds. The Morgan fingerprint density at radius 2 is 1.68 bits per heavy atom. The van der Waals surface area contributed by atoms with Crippen molar-refractivity contribution in [2.75, 3.05) is 6.61 Å². The average molecular weight is 318 g/mol. The van der Waals surface area contributed by atoms with Gasteiger partial charge in [-0.05, 0) is 0 Å². The molecular weight excluding hydrogens is 305 g/mol. The summed E-state index contributed by atoms with van der Waals surface area (Å²) in [5, 5.41) is 9.27. The van der Waals surface area contributed by atoms with E-state index >= 15 is 0 Å². The molecule has 0 aliphatic carbocycles. The van der Waals surface area contributed by atoms with Gasteiger partial charge in [0.25, 0.3) is 0 Å². The van der Waals surface area contributed by atoms with E-state index in [9.17, 15) is 0 Å². The minimum atomic E-state index is 0.0121. The van der Waals surface area contributed by atoms with Gasteiger partial charge in [-0.1, -0.05) is 0 Å². The third-order valence-electron chi connectivity index (χ3n) is 2.30. The van der Waals surface area contributed by atoms with Gasteiger partial charge in [0, 0.05) is 0 Å². The number of nitriles is 1. The zero-order valence-corrected chi connectivity index (χ0v) is 12.0. The van der Waals surface area contributed by atoms with Crippen LogP contribution in [-0.4, -0.2) is 21.6 Å². The van der Waals surface area contributed by atoms with Crippen molar-refractivity contribution in [3.05, 3.63) is 54.6 Å². The molecule has 0 unspecified atom stereocenters. The molecule has 0 atom stereocenters. The molecular formula is C15H13NO2Se. The molecule has 0 saturated heterocycles. The van der Waals surface area contributed by atoms with Crippen LogP contribution in [0.15, 0.2) is 54.6 Å². The topological polar surface area (TPSA) is 42.2 Å². The summed E-state index contributed by atoms with van der Waals surface area (Å²) in [5.74, 6) is 2.31. The van der Waals surface area contributed by atoms with Gasteiger partial charge in [-0.15, -0.1) is 0 Å². The molecule has 0 aliphatic rings. The number of ether oxygens (including phenoxy) is 2. The molecule has 0 aromatic heterocycles. The van der Waals surface area contributed by atoms with Crippen molar-refractivity contribution in [3.8, 4) is 22.2 Å². The summed E-state index contributed by atoms with van der Waals surface area (Å²) < 4.78 is 11.3. The third kappa shape index (κ3) is 4.67. The summed E-state index contributed by atoms with van der Waals surface area (Å²) in [4.78, 5) is 2.16. The molecule has 2 aromatic rings. The summed E-state index contributed by atoms with van der Waals surface area (Å²) in [5.41, 5.74) is 0. The molecule has 19 heavy (non-hydrogen) atoms. The van der Waals surface area contributed by atoms with Crippen molar-refractivity contribution in [2.24, 2.45) is 0 Å². The number of rotatable bonds is 6. The Hall–Kier alpha value is -1.95. The van der Waals surface area contributed by atoms with E-state index in [4.69, 9.17) is 14.7 Å². The van der Waals surface area contributed by atoms with Crippen molar-refractivity contribution >= 4 is 15.0 Å². The molecule has 0 bridgehead atoms. The molecule has 0 N–H and O–H groups in total. The Balaban J connectivity index is 1.94. The summed E-state index contributed by atoms with van der Waals surface area (Å²) in [6, 6.07) is 17.1. The Morgan fingerprint density at radius 1 is 0.947 bits per heavy atom. The van der Waals surface area contributed by atoms with E-state index in [0.717, 1.165) is 22.6 Å². The van der Waals surface area contributed by atoms with Crippen LogP contribution in [0.5, 0.6) is 17.2 Å². The van der Waals surface area contributed by atoms with Gasteiger partial charge in [0.1, 0.15) is 0 Å². The Labute approximate surface area is 118 Å². The van der Waals surface area contributed by atoms with E-state index < -0.39 is 0 Å². The molecule has 0 radical (unpaired) electrons. The summed E-state index contributed by atoms with van der Waals surface area (Å²) in [6.45, 7) is 0.572. The predicted molar refractivity (Wildman–Crippen MR) is 74.6 cm³/mol. The van der Waals surface area contributed by atoms with Crippen LogP contribution in [0.4, 0.5) is 0 Å². The van der Waals surface area contributed by atoms with E-state index in [1.807, 2.05) is 54.6 Å². The van der Waals surface area contributed by atoms with Gasteiger partial charge in [-0.25, -0.2) is 0 Å². The first-order valence-electron chi connectivity index (χ1n) is 5.85. The average Bonchev–Trinajstić information content (AvgIpc) is 2.45. The molecule has 0 heterocycles. The van der Waals surface area contributed by atoms with Gasteiger partial charge in [-0.2, -0.15) is 0 Å². The van der Waals surface area contributed by atoms with Crippen LogP contribution in [-0.2, 0) is 0 Å². The van der Waals surface area contributed by atoms with Crippen LogP contribution >= 0.6 is 0 Å². The van der Waals surface area contributed by atoms with Gasteiger partial charge < -0.3 is 0 Å². The molecule has 0 saturated carbocycles. The van der Waals surface area contributed by atoms with Crippen LogP contribution < -0.4 is 9.47 Å². The normalized spacial score (nSPS) is 9.63. The molecule has 3 nitrogen and oxygen atoms in total. The zero-order chi connectivity index (χ0) is 13.3.